The molecule has 0 aromatic carbocycles. The number of nitrogens with zero attached hydrogens (tertiary/aromatic N) is 1. The van der Waals surface area contributed by atoms with Crippen molar-refractivity contribution in [1.29, 1.82) is 0 Å². The van der Waals surface area contributed by atoms with Crippen LogP contribution >= 0.6 is 0 Å². The molecule has 0 aliphatic heterocycles. The zero-order valence-electron chi connectivity index (χ0n) is 9.65. The number of aliphatic hydroxyl groups is 1. The fourth-order valence-corrected chi connectivity index (χ4v) is 1.75. The Hall–Kier alpha value is -1.62. The highest BCUT2D eigenvalue weighted by molar-refractivity contribution is 5.73. The van der Waals surface area contributed by atoms with E-state index in [1.807, 2.05) is 12.1 Å². The quantitative estimate of drug-likeness (QED) is 0.722. The summed E-state index contributed by atoms with van der Waals surface area (Å²) in [5, 5.41) is 15.2. The van der Waals surface area contributed by atoms with Crippen LogP contribution in [0, 0.1) is 0 Å². The predicted molar refractivity (Wildman–Crippen MR) is 63.3 cm³/mol. The van der Waals surface area contributed by atoms with E-state index in [9.17, 15) is 9.90 Å². The normalized spacial score (nSPS) is 17.0. The summed E-state index contributed by atoms with van der Waals surface area (Å²) in [7, 11) is 0. The molecule has 1 aromatic heterocycles. The zero-order chi connectivity index (χ0) is 12.1. The van der Waals surface area contributed by atoms with E-state index in [1.165, 1.54) is 0 Å². The monoisotopic (exact) mass is 235 g/mol. The molecule has 1 fully saturated rings. The number of carbonyl (C=O) groups excluding carboxylic acids is 1. The molecule has 1 heterocycles. The van der Waals surface area contributed by atoms with Gasteiger partial charge in [-0.1, -0.05) is 6.07 Å². The molecule has 2 rings (SSSR count). The number of carbonyl (C=O) groups is 1. The van der Waals surface area contributed by atoms with Gasteiger partial charge in [0, 0.05) is 25.5 Å². The minimum atomic E-state index is -0.675. The smallest absolute Gasteiger partial charge is 0.315 e. The summed E-state index contributed by atoms with van der Waals surface area (Å²) in [6.07, 6.45) is 5.98. The Morgan fingerprint density at radius 2 is 2.29 bits per heavy atom. The van der Waals surface area contributed by atoms with Crippen LogP contribution in [0.1, 0.15) is 24.8 Å². The Morgan fingerprint density at radius 1 is 1.47 bits per heavy atom. The van der Waals surface area contributed by atoms with Crippen LogP contribution in [0.4, 0.5) is 4.79 Å². The lowest BCUT2D eigenvalue weighted by atomic mass is 9.80. The van der Waals surface area contributed by atoms with Gasteiger partial charge < -0.3 is 15.7 Å². The van der Waals surface area contributed by atoms with E-state index in [4.69, 9.17) is 0 Å². The lowest BCUT2D eigenvalue weighted by Gasteiger charge is -2.36. The standard InChI is InChI=1S/C12H17N3O2/c16-11(15-9-12(17)4-2-5-12)14-8-10-3-1-6-13-7-10/h1,3,6-7,17H,2,4-5,8-9H2,(H2,14,15,16). The number of rotatable bonds is 4. The lowest BCUT2D eigenvalue weighted by Crippen LogP contribution is -2.49. The summed E-state index contributed by atoms with van der Waals surface area (Å²) >= 11 is 0. The topological polar surface area (TPSA) is 74.2 Å². The summed E-state index contributed by atoms with van der Waals surface area (Å²) < 4.78 is 0. The van der Waals surface area contributed by atoms with E-state index in [0.29, 0.717) is 13.1 Å². The molecule has 5 heteroatoms. The largest absolute Gasteiger partial charge is 0.388 e. The molecule has 17 heavy (non-hydrogen) atoms. The second kappa shape index (κ2) is 5.14. The average molecular weight is 235 g/mol. The first-order valence-corrected chi connectivity index (χ1v) is 5.81. The van der Waals surface area contributed by atoms with Gasteiger partial charge in [-0.2, -0.15) is 0 Å². The molecule has 92 valence electrons. The van der Waals surface area contributed by atoms with Gasteiger partial charge in [0.25, 0.3) is 0 Å². The van der Waals surface area contributed by atoms with Crippen LogP contribution in [0.2, 0.25) is 0 Å². The van der Waals surface area contributed by atoms with E-state index in [0.717, 1.165) is 24.8 Å². The molecule has 0 radical (unpaired) electrons. The van der Waals surface area contributed by atoms with Gasteiger partial charge in [-0.05, 0) is 30.9 Å². The number of hydrogen-bond donors (Lipinski definition) is 3. The van der Waals surface area contributed by atoms with Gasteiger partial charge >= 0.3 is 6.03 Å². The van der Waals surface area contributed by atoms with E-state index in [2.05, 4.69) is 15.6 Å². The van der Waals surface area contributed by atoms with Gasteiger partial charge in [-0.25, -0.2) is 4.79 Å². The number of hydrogen-bond acceptors (Lipinski definition) is 3. The Balaban J connectivity index is 1.67. The summed E-state index contributed by atoms with van der Waals surface area (Å²) in [6.45, 7) is 0.768. The highest BCUT2D eigenvalue weighted by Crippen LogP contribution is 2.30. The molecule has 0 bridgehead atoms. The lowest BCUT2D eigenvalue weighted by molar-refractivity contribution is -0.0290. The number of pyridine rings is 1. The average Bonchev–Trinajstić information content (AvgIpc) is 2.33. The van der Waals surface area contributed by atoms with Crippen molar-refractivity contribution in [2.75, 3.05) is 6.54 Å². The van der Waals surface area contributed by atoms with Crippen LogP contribution in [0.5, 0.6) is 0 Å². The van der Waals surface area contributed by atoms with E-state index < -0.39 is 5.60 Å². The summed E-state index contributed by atoms with van der Waals surface area (Å²) in [5.41, 5.74) is 0.274. The Bertz CT molecular complexity index is 377. The minimum absolute atomic E-state index is 0.255. The summed E-state index contributed by atoms with van der Waals surface area (Å²) in [5.74, 6) is 0. The van der Waals surface area contributed by atoms with Gasteiger partial charge in [-0.3, -0.25) is 4.98 Å². The van der Waals surface area contributed by atoms with E-state index in [-0.39, 0.29) is 6.03 Å². The Morgan fingerprint density at radius 3 is 2.88 bits per heavy atom. The van der Waals surface area contributed by atoms with E-state index >= 15 is 0 Å². The third kappa shape index (κ3) is 3.42. The maximum Gasteiger partial charge on any atom is 0.315 e. The fraction of sp³-hybridized carbons (Fsp3) is 0.500. The second-order valence-corrected chi connectivity index (χ2v) is 4.48. The van der Waals surface area contributed by atoms with Crippen LogP contribution in [-0.2, 0) is 6.54 Å². The molecule has 0 unspecified atom stereocenters. The maximum absolute atomic E-state index is 11.4. The molecule has 0 atom stereocenters. The van der Waals surface area contributed by atoms with E-state index in [1.54, 1.807) is 12.4 Å². The summed E-state index contributed by atoms with van der Waals surface area (Å²) in [4.78, 5) is 15.4. The van der Waals surface area contributed by atoms with Crippen LogP contribution in [0.25, 0.3) is 0 Å². The maximum atomic E-state index is 11.4. The molecule has 5 nitrogen and oxygen atoms in total. The van der Waals surface area contributed by atoms with Crippen LogP contribution < -0.4 is 10.6 Å². The summed E-state index contributed by atoms with van der Waals surface area (Å²) in [6, 6.07) is 3.47. The molecular weight excluding hydrogens is 218 g/mol. The molecule has 1 aromatic rings. The predicted octanol–water partition coefficient (Wildman–Crippen LogP) is 0.796. The van der Waals surface area contributed by atoms with Crippen LogP contribution in [0.3, 0.4) is 0 Å². The first kappa shape index (κ1) is 11.9. The molecule has 1 saturated carbocycles. The molecule has 0 saturated heterocycles. The Labute approximate surface area is 100 Å². The van der Waals surface area contributed by atoms with Crippen molar-refractivity contribution >= 4 is 6.03 Å². The molecule has 0 spiro atoms. The van der Waals surface area contributed by atoms with Crippen molar-refractivity contribution < 1.29 is 9.90 Å². The van der Waals surface area contributed by atoms with Crippen molar-refractivity contribution in [3.63, 3.8) is 0 Å². The number of amides is 2. The zero-order valence-corrected chi connectivity index (χ0v) is 9.65. The number of nitrogens with one attached hydrogen (secondary N) is 2. The van der Waals surface area contributed by atoms with Crippen molar-refractivity contribution in [1.82, 2.24) is 15.6 Å². The fourth-order valence-electron chi connectivity index (χ4n) is 1.75. The highest BCUT2D eigenvalue weighted by Gasteiger charge is 2.34. The SMILES string of the molecule is O=C(NCc1cccnc1)NCC1(O)CCC1. The first-order valence-electron chi connectivity index (χ1n) is 5.81. The van der Waals surface area contributed by atoms with Crippen molar-refractivity contribution in [2.24, 2.45) is 0 Å². The highest BCUT2D eigenvalue weighted by atomic mass is 16.3. The molecular formula is C12H17N3O2. The first-order chi connectivity index (χ1) is 8.18. The van der Waals surface area contributed by atoms with Gasteiger partial charge in [0.2, 0.25) is 0 Å². The molecule has 2 amide bonds. The Kier molecular flexibility index (Phi) is 3.58. The number of aromatic nitrogens is 1. The second-order valence-electron chi connectivity index (χ2n) is 4.48. The van der Waals surface area contributed by atoms with Gasteiger partial charge in [0.1, 0.15) is 0 Å². The third-order valence-corrected chi connectivity index (χ3v) is 3.04. The van der Waals surface area contributed by atoms with Crippen molar-refractivity contribution in [3.8, 4) is 0 Å². The van der Waals surface area contributed by atoms with Crippen molar-refractivity contribution in [3.05, 3.63) is 30.1 Å². The molecule has 1 aliphatic rings. The molecule has 3 N–H and O–H groups in total. The minimum Gasteiger partial charge on any atom is -0.388 e. The molecule has 1 aliphatic carbocycles. The van der Waals surface area contributed by atoms with Gasteiger partial charge in [0.15, 0.2) is 0 Å². The van der Waals surface area contributed by atoms with Crippen LogP contribution in [0.15, 0.2) is 24.5 Å². The number of urea groups is 1. The van der Waals surface area contributed by atoms with Crippen molar-refractivity contribution in [2.45, 2.75) is 31.4 Å². The van der Waals surface area contributed by atoms with Gasteiger partial charge in [0.05, 0.1) is 5.60 Å². The van der Waals surface area contributed by atoms with Gasteiger partial charge in [-0.15, -0.1) is 0 Å². The third-order valence-electron chi connectivity index (χ3n) is 3.04. The van der Waals surface area contributed by atoms with Crippen LogP contribution in [-0.4, -0.2) is 28.3 Å².